The standard InChI is InChI=1S/C14H26O2S/c1-2-3-8-17-14-7-5-4-6-12(14)11(9-15)13(14)10-16/h11-13,15-16H,2-10H2,1H3/t11-,12-,13+,14+/m1/s1. The van der Waals surface area contributed by atoms with Crippen molar-refractivity contribution in [1.29, 1.82) is 0 Å². The van der Waals surface area contributed by atoms with E-state index >= 15 is 0 Å². The first-order valence-electron chi connectivity index (χ1n) is 7.15. The number of hydrogen-bond donors (Lipinski definition) is 2. The lowest BCUT2D eigenvalue weighted by Gasteiger charge is -2.63. The van der Waals surface area contributed by atoms with E-state index in [4.69, 9.17) is 0 Å². The molecule has 2 aliphatic rings. The summed E-state index contributed by atoms with van der Waals surface area (Å²) in [6, 6.07) is 0. The summed E-state index contributed by atoms with van der Waals surface area (Å²) in [5.74, 6) is 2.61. The molecular weight excluding hydrogens is 232 g/mol. The quantitative estimate of drug-likeness (QED) is 0.720. The van der Waals surface area contributed by atoms with Crippen LogP contribution in [-0.2, 0) is 0 Å². The molecule has 100 valence electrons. The van der Waals surface area contributed by atoms with Crippen LogP contribution in [0, 0.1) is 17.8 Å². The average Bonchev–Trinajstić information content (AvgIpc) is 2.33. The highest BCUT2D eigenvalue weighted by molar-refractivity contribution is 8.00. The fourth-order valence-electron chi connectivity index (χ4n) is 3.99. The lowest BCUT2D eigenvalue weighted by Crippen LogP contribution is -2.64. The Kier molecular flexibility index (Phi) is 4.79. The van der Waals surface area contributed by atoms with Gasteiger partial charge in [-0.25, -0.2) is 0 Å². The van der Waals surface area contributed by atoms with Gasteiger partial charge in [0.05, 0.1) is 0 Å². The fraction of sp³-hybridized carbons (Fsp3) is 1.00. The zero-order valence-corrected chi connectivity index (χ0v) is 11.7. The molecular formula is C14H26O2S. The Labute approximate surface area is 109 Å². The second-order valence-electron chi connectivity index (χ2n) is 5.64. The molecule has 2 nitrogen and oxygen atoms in total. The molecule has 0 saturated heterocycles. The van der Waals surface area contributed by atoms with Gasteiger partial charge in [0.25, 0.3) is 0 Å². The van der Waals surface area contributed by atoms with E-state index in [0.717, 1.165) is 0 Å². The Hall–Kier alpha value is 0.270. The van der Waals surface area contributed by atoms with Crippen molar-refractivity contribution < 1.29 is 10.2 Å². The van der Waals surface area contributed by atoms with Crippen LogP contribution in [0.4, 0.5) is 0 Å². The minimum atomic E-state index is 0.265. The van der Waals surface area contributed by atoms with E-state index in [1.807, 2.05) is 0 Å². The lowest BCUT2D eigenvalue weighted by atomic mass is 9.51. The van der Waals surface area contributed by atoms with Crippen LogP contribution < -0.4 is 0 Å². The SMILES string of the molecule is CCCCS[C@@]12CCCC[C@@H]1[C@@H](CO)[C@@H]2CO. The molecule has 0 radical (unpaired) electrons. The molecule has 2 saturated carbocycles. The highest BCUT2D eigenvalue weighted by Crippen LogP contribution is 2.63. The fourth-order valence-corrected chi connectivity index (χ4v) is 6.07. The number of aliphatic hydroxyl groups is 2. The minimum absolute atomic E-state index is 0.265. The van der Waals surface area contributed by atoms with Gasteiger partial charge in [-0.2, -0.15) is 11.8 Å². The van der Waals surface area contributed by atoms with Crippen LogP contribution in [0.3, 0.4) is 0 Å². The third-order valence-corrected chi connectivity index (χ3v) is 6.74. The molecule has 2 N–H and O–H groups in total. The summed E-state index contributed by atoms with van der Waals surface area (Å²) in [4.78, 5) is 0. The van der Waals surface area contributed by atoms with Crippen LogP contribution >= 0.6 is 11.8 Å². The highest BCUT2D eigenvalue weighted by Gasteiger charge is 2.61. The minimum Gasteiger partial charge on any atom is -0.396 e. The highest BCUT2D eigenvalue weighted by atomic mass is 32.2. The molecule has 4 atom stereocenters. The van der Waals surface area contributed by atoms with Gasteiger partial charge in [-0.1, -0.05) is 26.2 Å². The first-order valence-corrected chi connectivity index (χ1v) is 8.14. The van der Waals surface area contributed by atoms with Gasteiger partial charge in [0.15, 0.2) is 0 Å². The summed E-state index contributed by atoms with van der Waals surface area (Å²) in [7, 11) is 0. The van der Waals surface area contributed by atoms with Gasteiger partial charge in [-0.15, -0.1) is 0 Å². The Bertz CT molecular complexity index is 238. The Morgan fingerprint density at radius 3 is 2.71 bits per heavy atom. The molecule has 0 amide bonds. The second-order valence-corrected chi connectivity index (χ2v) is 7.10. The molecule has 17 heavy (non-hydrogen) atoms. The topological polar surface area (TPSA) is 40.5 Å². The number of rotatable bonds is 6. The van der Waals surface area contributed by atoms with E-state index in [1.165, 1.54) is 44.3 Å². The van der Waals surface area contributed by atoms with Gasteiger partial charge < -0.3 is 10.2 Å². The molecule has 3 heteroatoms. The number of aliphatic hydroxyl groups excluding tert-OH is 2. The molecule has 2 fully saturated rings. The van der Waals surface area contributed by atoms with E-state index in [0.29, 0.717) is 22.5 Å². The molecule has 0 spiro atoms. The summed E-state index contributed by atoms with van der Waals surface area (Å²) in [5, 5.41) is 19.1. The van der Waals surface area contributed by atoms with Gasteiger partial charge in [-0.05, 0) is 36.9 Å². The summed E-state index contributed by atoms with van der Waals surface area (Å²) >= 11 is 2.10. The van der Waals surface area contributed by atoms with E-state index < -0.39 is 0 Å². The zero-order chi connectivity index (χ0) is 12.3. The van der Waals surface area contributed by atoms with Crippen LogP contribution in [-0.4, -0.2) is 33.9 Å². The van der Waals surface area contributed by atoms with E-state index in [9.17, 15) is 10.2 Å². The maximum absolute atomic E-state index is 9.62. The van der Waals surface area contributed by atoms with Crippen LogP contribution in [0.2, 0.25) is 0 Å². The van der Waals surface area contributed by atoms with Gasteiger partial charge in [0.2, 0.25) is 0 Å². The first-order chi connectivity index (χ1) is 8.30. The molecule has 0 aliphatic heterocycles. The molecule has 0 bridgehead atoms. The van der Waals surface area contributed by atoms with Crippen LogP contribution in [0.15, 0.2) is 0 Å². The molecule has 0 aromatic heterocycles. The van der Waals surface area contributed by atoms with Crippen LogP contribution in [0.25, 0.3) is 0 Å². The van der Waals surface area contributed by atoms with Crippen LogP contribution in [0.5, 0.6) is 0 Å². The van der Waals surface area contributed by atoms with Crippen molar-refractivity contribution in [2.24, 2.45) is 17.8 Å². The molecule has 2 rings (SSSR count). The van der Waals surface area contributed by atoms with Gasteiger partial charge >= 0.3 is 0 Å². The van der Waals surface area contributed by atoms with Gasteiger partial charge in [-0.3, -0.25) is 0 Å². The van der Waals surface area contributed by atoms with Crippen molar-refractivity contribution in [2.75, 3.05) is 19.0 Å². The number of hydrogen-bond acceptors (Lipinski definition) is 3. The number of thioether (sulfide) groups is 1. The maximum atomic E-state index is 9.62. The Balaban J connectivity index is 2.03. The smallest absolute Gasteiger partial charge is 0.0476 e. The van der Waals surface area contributed by atoms with Gasteiger partial charge in [0.1, 0.15) is 0 Å². The van der Waals surface area contributed by atoms with Gasteiger partial charge in [0, 0.05) is 23.9 Å². The lowest BCUT2D eigenvalue weighted by molar-refractivity contribution is -0.0764. The van der Waals surface area contributed by atoms with Crippen molar-refractivity contribution in [3.05, 3.63) is 0 Å². The van der Waals surface area contributed by atoms with Crippen molar-refractivity contribution in [2.45, 2.75) is 50.2 Å². The predicted octanol–water partition coefficient (Wildman–Crippen LogP) is 2.68. The van der Waals surface area contributed by atoms with E-state index in [-0.39, 0.29) is 13.2 Å². The van der Waals surface area contributed by atoms with Crippen molar-refractivity contribution in [3.63, 3.8) is 0 Å². The number of unbranched alkanes of at least 4 members (excludes halogenated alkanes) is 1. The average molecular weight is 258 g/mol. The normalized spacial score (nSPS) is 40.8. The van der Waals surface area contributed by atoms with Crippen LogP contribution in [0.1, 0.15) is 45.4 Å². The number of fused-ring (bicyclic) bond motifs is 1. The Morgan fingerprint density at radius 2 is 2.06 bits per heavy atom. The molecule has 2 aliphatic carbocycles. The van der Waals surface area contributed by atoms with Crippen molar-refractivity contribution in [1.82, 2.24) is 0 Å². The third kappa shape index (κ3) is 2.26. The molecule has 0 aromatic carbocycles. The molecule has 0 unspecified atom stereocenters. The maximum Gasteiger partial charge on any atom is 0.0476 e. The first kappa shape index (κ1) is 13.7. The summed E-state index contributed by atoms with van der Waals surface area (Å²) in [6.07, 6.45) is 7.68. The molecule has 0 heterocycles. The van der Waals surface area contributed by atoms with Crippen molar-refractivity contribution in [3.8, 4) is 0 Å². The molecule has 0 aromatic rings. The largest absolute Gasteiger partial charge is 0.396 e. The summed E-state index contributed by atoms with van der Waals surface area (Å²) in [5.41, 5.74) is 0. The Morgan fingerprint density at radius 1 is 1.24 bits per heavy atom. The van der Waals surface area contributed by atoms with Crippen molar-refractivity contribution >= 4 is 11.8 Å². The summed E-state index contributed by atoms with van der Waals surface area (Å²) < 4.78 is 0.315. The zero-order valence-electron chi connectivity index (χ0n) is 10.9. The third-order valence-electron chi connectivity index (χ3n) is 4.90. The summed E-state index contributed by atoms with van der Waals surface area (Å²) in [6.45, 7) is 2.77. The van der Waals surface area contributed by atoms with E-state index in [2.05, 4.69) is 18.7 Å². The second kappa shape index (κ2) is 5.94. The predicted molar refractivity (Wildman–Crippen MR) is 73.2 cm³/mol. The monoisotopic (exact) mass is 258 g/mol. The van der Waals surface area contributed by atoms with E-state index in [1.54, 1.807) is 0 Å².